The Labute approximate surface area is 129 Å². The van der Waals surface area contributed by atoms with Crippen molar-refractivity contribution in [3.63, 3.8) is 0 Å². The maximum Gasteiger partial charge on any atom is 0.230 e. The highest BCUT2D eigenvalue weighted by atomic mass is 32.2. The quantitative estimate of drug-likeness (QED) is 0.857. The second-order valence-electron chi connectivity index (χ2n) is 4.33. The van der Waals surface area contributed by atoms with Gasteiger partial charge in [-0.25, -0.2) is 8.78 Å². The summed E-state index contributed by atoms with van der Waals surface area (Å²) >= 11 is 2.68. The van der Waals surface area contributed by atoms with Crippen molar-refractivity contribution in [2.45, 2.75) is 24.2 Å². The molecule has 0 bridgehead atoms. The van der Waals surface area contributed by atoms with Crippen LogP contribution in [0.5, 0.6) is 0 Å². The standard InChI is InChI=1S/C13H13F2N3OS2/c1-7(10-4-3-9(14)5-11(10)15)16-12(19)6-20-13-18-17-8(2)21-13/h3-5,7H,6H2,1-2H3,(H,16,19)/t7-/m0/s1. The smallest absolute Gasteiger partial charge is 0.230 e. The minimum Gasteiger partial charge on any atom is -0.349 e. The molecule has 1 aromatic heterocycles. The van der Waals surface area contributed by atoms with E-state index in [1.54, 1.807) is 6.92 Å². The lowest BCUT2D eigenvalue weighted by Crippen LogP contribution is -2.28. The average molecular weight is 329 g/mol. The predicted molar refractivity (Wildman–Crippen MR) is 78.3 cm³/mol. The molecule has 0 aliphatic carbocycles. The second kappa shape index (κ2) is 6.95. The van der Waals surface area contributed by atoms with E-state index in [0.29, 0.717) is 4.34 Å². The number of nitrogens with one attached hydrogen (secondary N) is 1. The van der Waals surface area contributed by atoms with Crippen molar-refractivity contribution in [2.75, 3.05) is 5.75 Å². The number of aryl methyl sites for hydroxylation is 1. The third-order valence-electron chi connectivity index (χ3n) is 2.64. The van der Waals surface area contributed by atoms with Gasteiger partial charge in [-0.1, -0.05) is 29.2 Å². The summed E-state index contributed by atoms with van der Waals surface area (Å²) < 4.78 is 27.1. The molecule has 0 aliphatic heterocycles. The van der Waals surface area contributed by atoms with E-state index in [0.717, 1.165) is 11.1 Å². The van der Waals surface area contributed by atoms with Gasteiger partial charge >= 0.3 is 0 Å². The van der Waals surface area contributed by atoms with Crippen LogP contribution in [0.15, 0.2) is 22.5 Å². The largest absolute Gasteiger partial charge is 0.349 e. The fourth-order valence-electron chi connectivity index (χ4n) is 1.68. The lowest BCUT2D eigenvalue weighted by molar-refractivity contribution is -0.119. The number of thioether (sulfide) groups is 1. The Balaban J connectivity index is 1.89. The lowest BCUT2D eigenvalue weighted by Gasteiger charge is -2.14. The van der Waals surface area contributed by atoms with Gasteiger partial charge in [0.25, 0.3) is 0 Å². The highest BCUT2D eigenvalue weighted by Crippen LogP contribution is 2.22. The molecule has 1 heterocycles. The normalized spacial score (nSPS) is 12.2. The van der Waals surface area contributed by atoms with Crippen molar-refractivity contribution < 1.29 is 13.6 Å². The van der Waals surface area contributed by atoms with Gasteiger partial charge in [-0.2, -0.15) is 0 Å². The first kappa shape index (κ1) is 15.8. The fraction of sp³-hybridized carbons (Fsp3) is 0.308. The van der Waals surface area contributed by atoms with Gasteiger partial charge < -0.3 is 5.32 Å². The van der Waals surface area contributed by atoms with Crippen LogP contribution in [-0.2, 0) is 4.79 Å². The minimum atomic E-state index is -0.671. The van der Waals surface area contributed by atoms with Crippen LogP contribution in [0.1, 0.15) is 23.5 Å². The molecule has 0 saturated carbocycles. The Morgan fingerprint density at radius 2 is 2.19 bits per heavy atom. The molecule has 1 aromatic carbocycles. The first-order valence-corrected chi connectivity index (χ1v) is 7.93. The van der Waals surface area contributed by atoms with Crippen molar-refractivity contribution in [3.05, 3.63) is 40.4 Å². The van der Waals surface area contributed by atoms with Crippen molar-refractivity contribution in [1.29, 1.82) is 0 Å². The van der Waals surface area contributed by atoms with Crippen LogP contribution in [-0.4, -0.2) is 21.9 Å². The van der Waals surface area contributed by atoms with E-state index in [1.807, 2.05) is 6.92 Å². The number of amides is 1. The zero-order chi connectivity index (χ0) is 15.4. The van der Waals surface area contributed by atoms with Crippen molar-refractivity contribution in [2.24, 2.45) is 0 Å². The predicted octanol–water partition coefficient (Wildman–Crippen LogP) is 3.09. The zero-order valence-corrected chi connectivity index (χ0v) is 13.0. The number of rotatable bonds is 5. The number of aromatic nitrogens is 2. The van der Waals surface area contributed by atoms with Crippen molar-refractivity contribution in [3.8, 4) is 0 Å². The number of hydrogen-bond donors (Lipinski definition) is 1. The SMILES string of the molecule is Cc1nnc(SCC(=O)N[C@@H](C)c2ccc(F)cc2F)s1. The van der Waals surface area contributed by atoms with Crippen LogP contribution in [0.25, 0.3) is 0 Å². The molecule has 0 spiro atoms. The highest BCUT2D eigenvalue weighted by Gasteiger charge is 2.15. The van der Waals surface area contributed by atoms with Crippen molar-refractivity contribution in [1.82, 2.24) is 15.5 Å². The first-order valence-electron chi connectivity index (χ1n) is 6.13. The molecular formula is C13H13F2N3OS2. The number of carbonyl (C=O) groups excluding carboxylic acids is 1. The molecule has 0 saturated heterocycles. The third kappa shape index (κ3) is 4.47. The van der Waals surface area contributed by atoms with Gasteiger partial charge in [-0.3, -0.25) is 4.79 Å². The van der Waals surface area contributed by atoms with Crippen LogP contribution < -0.4 is 5.32 Å². The fourth-order valence-corrected chi connectivity index (χ4v) is 3.30. The van der Waals surface area contributed by atoms with Crippen LogP contribution in [0.4, 0.5) is 8.78 Å². The van der Waals surface area contributed by atoms with Gasteiger partial charge in [-0.15, -0.1) is 10.2 Å². The molecule has 0 aliphatic rings. The third-order valence-corrected chi connectivity index (χ3v) is 4.61. The van der Waals surface area contributed by atoms with E-state index in [4.69, 9.17) is 0 Å². The summed E-state index contributed by atoms with van der Waals surface area (Å²) in [5.74, 6) is -1.39. The van der Waals surface area contributed by atoms with E-state index in [-0.39, 0.29) is 17.2 Å². The molecular weight excluding hydrogens is 316 g/mol. The maximum absolute atomic E-state index is 13.6. The van der Waals surface area contributed by atoms with Crippen LogP contribution in [0, 0.1) is 18.6 Å². The van der Waals surface area contributed by atoms with E-state index >= 15 is 0 Å². The molecule has 21 heavy (non-hydrogen) atoms. The molecule has 2 rings (SSSR count). The average Bonchev–Trinajstić information content (AvgIpc) is 2.82. The zero-order valence-electron chi connectivity index (χ0n) is 11.4. The number of nitrogens with zero attached hydrogens (tertiary/aromatic N) is 2. The summed E-state index contributed by atoms with van der Waals surface area (Å²) in [6, 6.07) is 2.77. The molecule has 4 nitrogen and oxygen atoms in total. The molecule has 0 unspecified atom stereocenters. The van der Waals surface area contributed by atoms with Gasteiger partial charge in [0.2, 0.25) is 5.91 Å². The summed E-state index contributed by atoms with van der Waals surface area (Å²) in [7, 11) is 0. The van der Waals surface area contributed by atoms with E-state index < -0.39 is 17.7 Å². The summed E-state index contributed by atoms with van der Waals surface area (Å²) in [4.78, 5) is 11.8. The lowest BCUT2D eigenvalue weighted by atomic mass is 10.1. The molecule has 1 N–H and O–H groups in total. The minimum absolute atomic E-state index is 0.168. The summed E-state index contributed by atoms with van der Waals surface area (Å²) in [5.41, 5.74) is 0.251. The summed E-state index contributed by atoms with van der Waals surface area (Å²) in [6.45, 7) is 3.48. The number of hydrogen-bond acceptors (Lipinski definition) is 5. The first-order chi connectivity index (χ1) is 9.95. The van der Waals surface area contributed by atoms with Gasteiger partial charge in [-0.05, 0) is 19.9 Å². The molecule has 0 radical (unpaired) electrons. The topological polar surface area (TPSA) is 54.9 Å². The Morgan fingerprint density at radius 1 is 1.43 bits per heavy atom. The Hall–Kier alpha value is -1.54. The monoisotopic (exact) mass is 329 g/mol. The summed E-state index contributed by atoms with van der Waals surface area (Å²) in [6.07, 6.45) is 0. The van der Waals surface area contributed by atoms with Gasteiger partial charge in [0.15, 0.2) is 4.34 Å². The van der Waals surface area contributed by atoms with Gasteiger partial charge in [0, 0.05) is 11.6 Å². The van der Waals surface area contributed by atoms with E-state index in [2.05, 4.69) is 15.5 Å². The Morgan fingerprint density at radius 3 is 2.81 bits per heavy atom. The Bertz CT molecular complexity index is 648. The Kier molecular flexibility index (Phi) is 5.24. The summed E-state index contributed by atoms with van der Waals surface area (Å²) in [5, 5.41) is 11.3. The molecule has 8 heteroatoms. The van der Waals surface area contributed by atoms with E-state index in [9.17, 15) is 13.6 Å². The van der Waals surface area contributed by atoms with E-state index in [1.165, 1.54) is 35.2 Å². The molecule has 1 amide bonds. The van der Waals surface area contributed by atoms with Gasteiger partial charge in [0.05, 0.1) is 11.8 Å². The number of benzene rings is 1. The number of halogens is 2. The van der Waals surface area contributed by atoms with Crippen LogP contribution in [0.3, 0.4) is 0 Å². The van der Waals surface area contributed by atoms with Gasteiger partial charge in [0.1, 0.15) is 16.6 Å². The maximum atomic E-state index is 13.6. The molecule has 0 fully saturated rings. The van der Waals surface area contributed by atoms with Crippen LogP contribution in [0.2, 0.25) is 0 Å². The van der Waals surface area contributed by atoms with Crippen LogP contribution >= 0.6 is 23.1 Å². The highest BCUT2D eigenvalue weighted by molar-refractivity contribution is 8.01. The number of carbonyl (C=O) groups is 1. The molecule has 1 atom stereocenters. The molecule has 112 valence electrons. The second-order valence-corrected chi connectivity index (χ2v) is 6.73. The molecule has 2 aromatic rings. The van der Waals surface area contributed by atoms with Crippen molar-refractivity contribution >= 4 is 29.0 Å².